The van der Waals surface area contributed by atoms with Gasteiger partial charge in [-0.1, -0.05) is 6.08 Å². The maximum atomic E-state index is 9.16. The van der Waals surface area contributed by atoms with Gasteiger partial charge in [0.1, 0.15) is 0 Å². The molecule has 0 heterocycles. The highest BCUT2D eigenvalue weighted by Gasteiger charge is 2.11. The first kappa shape index (κ1) is 6.78. The summed E-state index contributed by atoms with van der Waals surface area (Å²) in [5, 5.41) is 9.16. The van der Waals surface area contributed by atoms with Crippen LogP contribution in [0.1, 0.15) is 19.3 Å². The van der Waals surface area contributed by atoms with Crippen LogP contribution in [0.25, 0.3) is 0 Å². The summed E-state index contributed by atoms with van der Waals surface area (Å²) in [6.07, 6.45) is 5.07. The van der Waals surface area contributed by atoms with Crippen LogP contribution in [0.5, 0.6) is 0 Å². The Bertz CT molecular complexity index is 120. The summed E-state index contributed by atoms with van der Waals surface area (Å²) in [6, 6.07) is 0. The van der Waals surface area contributed by atoms with Gasteiger partial charge >= 0.3 is 0 Å². The fraction of sp³-hybridized carbons (Fsp3) is 0.714. The first-order valence-corrected chi connectivity index (χ1v) is 3.41. The average Bonchev–Trinajstić information content (AvgIpc) is 2.37. The second kappa shape index (κ2) is 2.99. The van der Waals surface area contributed by atoms with E-state index in [1.807, 2.05) is 0 Å². The Kier molecular flexibility index (Phi) is 2.25. The van der Waals surface area contributed by atoms with E-state index in [-0.39, 0.29) is 6.10 Å². The zero-order valence-electron chi connectivity index (χ0n) is 5.51. The Morgan fingerprint density at radius 3 is 3.00 bits per heavy atom. The molecule has 9 heavy (non-hydrogen) atoms. The van der Waals surface area contributed by atoms with Crippen molar-refractivity contribution in [1.82, 2.24) is 0 Å². The predicted octanol–water partition coefficient (Wildman–Crippen LogP) is 0.416. The molecule has 1 aliphatic carbocycles. The average molecular weight is 127 g/mol. The topological polar surface area (TPSA) is 46.2 Å². The molecule has 0 aromatic heterocycles. The van der Waals surface area contributed by atoms with Crippen LogP contribution in [-0.4, -0.2) is 17.8 Å². The van der Waals surface area contributed by atoms with Gasteiger partial charge < -0.3 is 10.8 Å². The van der Waals surface area contributed by atoms with E-state index in [1.54, 1.807) is 0 Å². The van der Waals surface area contributed by atoms with E-state index in [9.17, 15) is 0 Å². The van der Waals surface area contributed by atoms with Gasteiger partial charge in [-0.05, 0) is 24.8 Å². The van der Waals surface area contributed by atoms with Crippen LogP contribution in [-0.2, 0) is 0 Å². The zero-order chi connectivity index (χ0) is 6.69. The number of rotatable bonds is 2. The van der Waals surface area contributed by atoms with Gasteiger partial charge in [-0.25, -0.2) is 0 Å². The normalized spacial score (nSPS) is 21.8. The number of nitrogens with two attached hydrogens (primary N) is 1. The van der Waals surface area contributed by atoms with Crippen molar-refractivity contribution in [1.29, 1.82) is 0 Å². The lowest BCUT2D eigenvalue weighted by Crippen LogP contribution is -2.20. The second-order valence-corrected chi connectivity index (χ2v) is 2.42. The van der Waals surface area contributed by atoms with Crippen molar-refractivity contribution >= 4 is 0 Å². The van der Waals surface area contributed by atoms with Gasteiger partial charge in [0, 0.05) is 6.54 Å². The number of aliphatic hydroxyl groups excluding tert-OH is 1. The Morgan fingerprint density at radius 2 is 2.56 bits per heavy atom. The molecule has 2 nitrogen and oxygen atoms in total. The third-order valence-corrected chi connectivity index (χ3v) is 1.73. The Labute approximate surface area is 55.4 Å². The number of aliphatic hydroxyl groups is 1. The summed E-state index contributed by atoms with van der Waals surface area (Å²) < 4.78 is 0. The third kappa shape index (κ3) is 1.53. The van der Waals surface area contributed by atoms with Gasteiger partial charge in [0.25, 0.3) is 0 Å². The molecule has 2 heteroatoms. The molecule has 0 radical (unpaired) electrons. The van der Waals surface area contributed by atoms with Crippen molar-refractivity contribution < 1.29 is 5.11 Å². The molecule has 1 atom stereocenters. The summed E-state index contributed by atoms with van der Waals surface area (Å²) in [6.45, 7) is 0.367. The molecule has 1 rings (SSSR count). The van der Waals surface area contributed by atoms with E-state index >= 15 is 0 Å². The van der Waals surface area contributed by atoms with Gasteiger partial charge in [-0.15, -0.1) is 0 Å². The predicted molar refractivity (Wildman–Crippen MR) is 37.0 cm³/mol. The molecule has 1 unspecified atom stereocenters. The van der Waals surface area contributed by atoms with Crippen LogP contribution >= 0.6 is 0 Å². The van der Waals surface area contributed by atoms with Crippen molar-refractivity contribution in [2.75, 3.05) is 6.54 Å². The molecule has 0 aliphatic heterocycles. The van der Waals surface area contributed by atoms with E-state index in [1.165, 1.54) is 6.42 Å². The van der Waals surface area contributed by atoms with Crippen LogP contribution < -0.4 is 5.73 Å². The highest BCUT2D eigenvalue weighted by Crippen LogP contribution is 2.19. The zero-order valence-corrected chi connectivity index (χ0v) is 5.51. The maximum absolute atomic E-state index is 9.16. The van der Waals surface area contributed by atoms with Crippen molar-refractivity contribution in [3.63, 3.8) is 0 Å². The number of hydrogen-bond acceptors (Lipinski definition) is 2. The van der Waals surface area contributed by atoms with Crippen molar-refractivity contribution in [3.8, 4) is 0 Å². The molecule has 0 bridgehead atoms. The molecule has 0 amide bonds. The first-order chi connectivity index (χ1) is 4.34. The van der Waals surface area contributed by atoms with Gasteiger partial charge in [0.2, 0.25) is 0 Å². The largest absolute Gasteiger partial charge is 0.387 e. The Hall–Kier alpha value is -0.340. The highest BCUT2D eigenvalue weighted by atomic mass is 16.3. The molecular weight excluding hydrogens is 114 g/mol. The van der Waals surface area contributed by atoms with E-state index in [4.69, 9.17) is 10.8 Å². The minimum absolute atomic E-state index is 0.367. The van der Waals surface area contributed by atoms with Crippen molar-refractivity contribution in [2.45, 2.75) is 25.4 Å². The van der Waals surface area contributed by atoms with Gasteiger partial charge in [0.05, 0.1) is 6.10 Å². The molecular formula is C7H13NO. The summed E-state index contributed by atoms with van der Waals surface area (Å²) in [7, 11) is 0. The fourth-order valence-corrected chi connectivity index (χ4v) is 1.15. The highest BCUT2D eigenvalue weighted by molar-refractivity contribution is 5.12. The molecule has 0 aromatic carbocycles. The van der Waals surface area contributed by atoms with Crippen molar-refractivity contribution in [2.24, 2.45) is 5.73 Å². The summed E-state index contributed by atoms with van der Waals surface area (Å²) >= 11 is 0. The first-order valence-electron chi connectivity index (χ1n) is 3.41. The summed E-state index contributed by atoms with van der Waals surface area (Å²) in [5.41, 5.74) is 6.40. The number of hydrogen-bond donors (Lipinski definition) is 2. The summed E-state index contributed by atoms with van der Waals surface area (Å²) in [5.74, 6) is 0. The lowest BCUT2D eigenvalue weighted by molar-refractivity contribution is 0.216. The third-order valence-electron chi connectivity index (χ3n) is 1.73. The quantitative estimate of drug-likeness (QED) is 0.528. The van der Waals surface area contributed by atoms with Crippen LogP contribution in [0.2, 0.25) is 0 Å². The molecule has 3 N–H and O–H groups in total. The molecule has 0 saturated carbocycles. The minimum Gasteiger partial charge on any atom is -0.387 e. The standard InChI is InChI=1S/C7H13NO/c8-5-7(9)6-3-1-2-4-6/h3,7,9H,1-2,4-5,8H2. The molecule has 0 saturated heterocycles. The van der Waals surface area contributed by atoms with Gasteiger partial charge in [-0.2, -0.15) is 0 Å². The molecule has 1 aliphatic rings. The number of allylic oxidation sites excluding steroid dienone is 1. The Morgan fingerprint density at radius 1 is 1.78 bits per heavy atom. The smallest absolute Gasteiger partial charge is 0.0872 e. The van der Waals surface area contributed by atoms with E-state index in [0.717, 1.165) is 18.4 Å². The molecule has 0 aromatic rings. The maximum Gasteiger partial charge on any atom is 0.0872 e. The SMILES string of the molecule is NCC(O)C1=CCCC1. The molecule has 0 fully saturated rings. The molecule has 52 valence electrons. The summed E-state index contributed by atoms with van der Waals surface area (Å²) in [4.78, 5) is 0. The fourth-order valence-electron chi connectivity index (χ4n) is 1.15. The monoisotopic (exact) mass is 127 g/mol. The Balaban J connectivity index is 2.40. The lowest BCUT2D eigenvalue weighted by Gasteiger charge is -2.06. The van der Waals surface area contributed by atoms with E-state index < -0.39 is 0 Å². The van der Waals surface area contributed by atoms with Crippen LogP contribution in [0.4, 0.5) is 0 Å². The van der Waals surface area contributed by atoms with Crippen LogP contribution in [0.15, 0.2) is 11.6 Å². The van der Waals surface area contributed by atoms with Crippen LogP contribution in [0, 0.1) is 0 Å². The second-order valence-electron chi connectivity index (χ2n) is 2.42. The van der Waals surface area contributed by atoms with Crippen molar-refractivity contribution in [3.05, 3.63) is 11.6 Å². The molecule has 0 spiro atoms. The lowest BCUT2D eigenvalue weighted by atomic mass is 10.1. The van der Waals surface area contributed by atoms with Gasteiger partial charge in [-0.3, -0.25) is 0 Å². The minimum atomic E-state index is -0.368. The van der Waals surface area contributed by atoms with Crippen LogP contribution in [0.3, 0.4) is 0 Å². The van der Waals surface area contributed by atoms with E-state index in [0.29, 0.717) is 6.54 Å². The van der Waals surface area contributed by atoms with Gasteiger partial charge in [0.15, 0.2) is 0 Å². The van der Waals surface area contributed by atoms with E-state index in [2.05, 4.69) is 6.08 Å².